The number of nitrogens with zero attached hydrogens (tertiary/aromatic N) is 2. The van der Waals surface area contributed by atoms with Gasteiger partial charge >= 0.3 is 0 Å². The molecule has 10 heavy (non-hydrogen) atoms. The van der Waals surface area contributed by atoms with Gasteiger partial charge in [-0.05, 0) is 13.3 Å². The van der Waals surface area contributed by atoms with Crippen LogP contribution < -0.4 is 0 Å². The fraction of sp³-hybridized carbons (Fsp3) is 0.667. The molecule has 0 heterocycles. The van der Waals surface area contributed by atoms with Crippen molar-refractivity contribution in [3.05, 3.63) is 0 Å². The molecule has 0 aromatic rings. The highest BCUT2D eigenvalue weighted by molar-refractivity contribution is 6.41. The van der Waals surface area contributed by atoms with Crippen molar-refractivity contribution in [1.82, 2.24) is 0 Å². The normalized spacial score (nSPS) is 13.5. The minimum atomic E-state index is 0.490. The second kappa shape index (κ2) is 4.78. The zero-order valence-corrected chi connectivity index (χ0v) is 6.46. The molecule has 0 aliphatic heterocycles. The van der Waals surface area contributed by atoms with Crippen LogP contribution in [-0.2, 0) is 4.84 Å². The second-order valence-electron chi connectivity index (χ2n) is 1.76. The smallest absolute Gasteiger partial charge is 0.106 e. The molecule has 0 aliphatic carbocycles. The quantitative estimate of drug-likeness (QED) is 0.368. The van der Waals surface area contributed by atoms with Crippen molar-refractivity contribution in [2.75, 3.05) is 7.11 Å². The maximum Gasteiger partial charge on any atom is 0.106 e. The molecule has 0 rings (SSSR count). The van der Waals surface area contributed by atoms with Gasteiger partial charge in [-0.2, -0.15) is 0 Å². The van der Waals surface area contributed by atoms with Gasteiger partial charge in [-0.15, -0.1) is 0 Å². The number of hydrogen-bond donors (Lipinski definition) is 1. The topological polar surface area (TPSA) is 54.2 Å². The van der Waals surface area contributed by atoms with E-state index in [1.807, 2.05) is 6.92 Å². The van der Waals surface area contributed by atoms with E-state index < -0.39 is 0 Å². The molecule has 0 saturated carbocycles. The summed E-state index contributed by atoms with van der Waals surface area (Å²) in [6, 6.07) is 0. The summed E-state index contributed by atoms with van der Waals surface area (Å²) >= 11 is 0. The van der Waals surface area contributed by atoms with Gasteiger partial charge in [0.05, 0.1) is 0 Å². The van der Waals surface area contributed by atoms with Crippen molar-refractivity contribution in [1.29, 1.82) is 0 Å². The Morgan fingerprint density at radius 3 is 2.50 bits per heavy atom. The molecule has 0 aromatic heterocycles. The molecule has 0 aliphatic rings. The fourth-order valence-corrected chi connectivity index (χ4v) is 0.554. The number of rotatable bonds is 3. The summed E-state index contributed by atoms with van der Waals surface area (Å²) in [6.07, 6.45) is 0.698. The van der Waals surface area contributed by atoms with E-state index >= 15 is 0 Å². The highest BCUT2D eigenvalue weighted by Gasteiger charge is 2.00. The van der Waals surface area contributed by atoms with Crippen LogP contribution >= 0.6 is 0 Å². The Balaban J connectivity index is 4.21. The summed E-state index contributed by atoms with van der Waals surface area (Å²) in [7, 11) is 1.46. The van der Waals surface area contributed by atoms with Crippen molar-refractivity contribution in [3.63, 3.8) is 0 Å². The molecule has 0 bridgehead atoms. The Kier molecular flexibility index (Phi) is 4.28. The van der Waals surface area contributed by atoms with Crippen molar-refractivity contribution in [2.24, 2.45) is 10.3 Å². The summed E-state index contributed by atoms with van der Waals surface area (Å²) in [4.78, 5) is 4.51. The number of oxime groups is 2. The molecule has 0 spiro atoms. The maximum absolute atomic E-state index is 8.31. The molecule has 0 saturated heterocycles. The predicted octanol–water partition coefficient (Wildman–Crippen LogP) is 1.25. The Bertz CT molecular complexity index is 152. The Labute approximate surface area is 60.2 Å². The first-order valence-corrected chi connectivity index (χ1v) is 3.05. The largest absolute Gasteiger partial charge is 0.411 e. The minimum absolute atomic E-state index is 0.490. The van der Waals surface area contributed by atoms with Gasteiger partial charge in [0.2, 0.25) is 0 Å². The fourth-order valence-electron chi connectivity index (χ4n) is 0.554. The summed E-state index contributed by atoms with van der Waals surface area (Å²) in [5, 5.41) is 14.9. The van der Waals surface area contributed by atoms with E-state index in [1.54, 1.807) is 6.92 Å². The Morgan fingerprint density at radius 1 is 1.60 bits per heavy atom. The highest BCUT2D eigenvalue weighted by Crippen LogP contribution is 1.90. The zero-order chi connectivity index (χ0) is 7.98. The molecule has 0 atom stereocenters. The first-order valence-electron chi connectivity index (χ1n) is 3.05. The minimum Gasteiger partial charge on any atom is -0.411 e. The molecule has 0 radical (unpaired) electrons. The predicted molar refractivity (Wildman–Crippen MR) is 39.6 cm³/mol. The molecular weight excluding hydrogens is 132 g/mol. The van der Waals surface area contributed by atoms with Gasteiger partial charge in [0.15, 0.2) is 0 Å². The van der Waals surface area contributed by atoms with E-state index in [0.29, 0.717) is 17.8 Å². The lowest BCUT2D eigenvalue weighted by molar-refractivity contribution is 0.213. The van der Waals surface area contributed by atoms with Crippen molar-refractivity contribution in [2.45, 2.75) is 20.3 Å². The Morgan fingerprint density at radius 2 is 2.20 bits per heavy atom. The van der Waals surface area contributed by atoms with Crippen LogP contribution in [0.1, 0.15) is 20.3 Å². The third-order valence-corrected chi connectivity index (χ3v) is 1.10. The van der Waals surface area contributed by atoms with E-state index in [9.17, 15) is 0 Å². The molecule has 58 valence electrons. The van der Waals surface area contributed by atoms with Crippen molar-refractivity contribution < 1.29 is 10.0 Å². The molecular formula is C6H12N2O2. The van der Waals surface area contributed by atoms with Crippen LogP contribution in [0.4, 0.5) is 0 Å². The third kappa shape index (κ3) is 2.48. The Hall–Kier alpha value is -1.06. The summed E-state index contributed by atoms with van der Waals surface area (Å²) in [6.45, 7) is 3.58. The second-order valence-corrected chi connectivity index (χ2v) is 1.76. The first kappa shape index (κ1) is 8.94. The van der Waals surface area contributed by atoms with E-state index in [2.05, 4.69) is 15.1 Å². The molecule has 4 nitrogen and oxygen atoms in total. The van der Waals surface area contributed by atoms with Crippen LogP contribution in [0, 0.1) is 0 Å². The van der Waals surface area contributed by atoms with Gasteiger partial charge in [0.1, 0.15) is 18.5 Å². The lowest BCUT2D eigenvalue weighted by Gasteiger charge is -1.97. The van der Waals surface area contributed by atoms with E-state index in [-0.39, 0.29) is 0 Å². The maximum atomic E-state index is 8.31. The number of hydrogen-bond acceptors (Lipinski definition) is 4. The van der Waals surface area contributed by atoms with E-state index in [0.717, 1.165) is 0 Å². The monoisotopic (exact) mass is 144 g/mol. The van der Waals surface area contributed by atoms with Crippen LogP contribution in [0.2, 0.25) is 0 Å². The SMILES string of the molecule is CCC(=N/OC)/C(C)=N/O. The van der Waals surface area contributed by atoms with Crippen molar-refractivity contribution >= 4 is 11.4 Å². The summed E-state index contributed by atoms with van der Waals surface area (Å²) in [5.41, 5.74) is 1.15. The molecule has 0 amide bonds. The average Bonchev–Trinajstić information content (AvgIpc) is 1.99. The molecule has 0 aromatic carbocycles. The van der Waals surface area contributed by atoms with Gasteiger partial charge in [0, 0.05) is 0 Å². The van der Waals surface area contributed by atoms with Crippen LogP contribution in [0.3, 0.4) is 0 Å². The van der Waals surface area contributed by atoms with Gasteiger partial charge in [0.25, 0.3) is 0 Å². The lowest BCUT2D eigenvalue weighted by Crippen LogP contribution is -2.09. The van der Waals surface area contributed by atoms with E-state index in [1.165, 1.54) is 7.11 Å². The standard InChI is InChI=1S/C6H12N2O2/c1-4-6(8-10-3)5(2)7-9/h9H,4H2,1-3H3/b7-5+,8-6-. The van der Waals surface area contributed by atoms with Gasteiger partial charge in [-0.1, -0.05) is 17.2 Å². The van der Waals surface area contributed by atoms with Gasteiger partial charge < -0.3 is 10.0 Å². The third-order valence-electron chi connectivity index (χ3n) is 1.10. The summed E-state index contributed by atoms with van der Waals surface area (Å²) in [5.74, 6) is 0. The summed E-state index contributed by atoms with van der Waals surface area (Å²) < 4.78 is 0. The van der Waals surface area contributed by atoms with Gasteiger partial charge in [-0.25, -0.2) is 0 Å². The molecule has 0 fully saturated rings. The van der Waals surface area contributed by atoms with E-state index in [4.69, 9.17) is 5.21 Å². The van der Waals surface area contributed by atoms with Crippen LogP contribution in [0.15, 0.2) is 10.3 Å². The van der Waals surface area contributed by atoms with Gasteiger partial charge in [-0.3, -0.25) is 0 Å². The first-order chi connectivity index (χ1) is 4.76. The molecule has 4 heteroatoms. The lowest BCUT2D eigenvalue weighted by atomic mass is 10.2. The zero-order valence-electron chi connectivity index (χ0n) is 6.46. The molecule has 0 unspecified atom stereocenters. The van der Waals surface area contributed by atoms with Crippen LogP contribution in [0.5, 0.6) is 0 Å². The van der Waals surface area contributed by atoms with Crippen LogP contribution in [0.25, 0.3) is 0 Å². The van der Waals surface area contributed by atoms with Crippen LogP contribution in [-0.4, -0.2) is 23.7 Å². The highest BCUT2D eigenvalue weighted by atomic mass is 16.6. The van der Waals surface area contributed by atoms with Crippen molar-refractivity contribution in [3.8, 4) is 0 Å². The molecule has 1 N–H and O–H groups in total. The average molecular weight is 144 g/mol.